The van der Waals surface area contributed by atoms with Gasteiger partial charge in [0.25, 0.3) is 0 Å². The van der Waals surface area contributed by atoms with Gasteiger partial charge in [-0.15, -0.1) is 0 Å². The van der Waals surface area contributed by atoms with Gasteiger partial charge in [0.05, 0.1) is 33.2 Å². The summed E-state index contributed by atoms with van der Waals surface area (Å²) in [6.45, 7) is 3.92. The van der Waals surface area contributed by atoms with Crippen LogP contribution < -0.4 is 10.7 Å². The minimum absolute atomic E-state index is 0.0783. The monoisotopic (exact) mass is 338 g/mol. The minimum Gasteiger partial charge on any atom is -0.288 e. The maximum Gasteiger partial charge on any atom is 0.197 e. The SMILES string of the molecule is Cc1ccc2c(c1)N=c1cc3c(cc1C2=O)=Nc1cc(C)ccc1C3=O. The molecule has 4 nitrogen and oxygen atoms in total. The van der Waals surface area contributed by atoms with E-state index in [9.17, 15) is 9.59 Å². The molecule has 0 aromatic heterocycles. The van der Waals surface area contributed by atoms with Crippen molar-refractivity contribution < 1.29 is 9.59 Å². The molecule has 5 rings (SSSR count). The molecule has 0 saturated heterocycles. The third-order valence-corrected chi connectivity index (χ3v) is 4.88. The zero-order valence-corrected chi connectivity index (χ0v) is 14.3. The number of rotatable bonds is 0. The number of carbonyl (C=O) groups is 2. The van der Waals surface area contributed by atoms with E-state index in [0.717, 1.165) is 11.1 Å². The Kier molecular flexibility index (Phi) is 2.89. The third kappa shape index (κ3) is 2.02. The minimum atomic E-state index is -0.0783. The molecule has 0 amide bonds. The number of ketones is 2. The molecular formula is C22H14N2O2. The lowest BCUT2D eigenvalue weighted by molar-refractivity contribution is 0.102. The fraction of sp³-hybridized carbons (Fsp3) is 0.0909. The zero-order chi connectivity index (χ0) is 18.0. The summed E-state index contributed by atoms with van der Waals surface area (Å²) in [5.41, 5.74) is 5.54. The van der Waals surface area contributed by atoms with Crippen molar-refractivity contribution in [3.63, 3.8) is 0 Å². The van der Waals surface area contributed by atoms with Gasteiger partial charge in [0, 0.05) is 11.1 Å². The van der Waals surface area contributed by atoms with Crippen molar-refractivity contribution in [1.82, 2.24) is 0 Å². The Labute approximate surface area is 149 Å². The van der Waals surface area contributed by atoms with Gasteiger partial charge < -0.3 is 0 Å². The van der Waals surface area contributed by atoms with Crippen molar-refractivity contribution in [3.05, 3.63) is 92.6 Å². The fourth-order valence-electron chi connectivity index (χ4n) is 3.53. The first-order valence-electron chi connectivity index (χ1n) is 8.43. The molecule has 0 aliphatic carbocycles. The van der Waals surface area contributed by atoms with Gasteiger partial charge in [-0.05, 0) is 61.4 Å². The second-order valence-electron chi connectivity index (χ2n) is 6.81. The van der Waals surface area contributed by atoms with E-state index in [1.165, 1.54) is 0 Å². The summed E-state index contributed by atoms with van der Waals surface area (Å²) in [7, 11) is 0. The van der Waals surface area contributed by atoms with Crippen LogP contribution in [0.15, 0.2) is 58.5 Å². The predicted octanol–water partition coefficient (Wildman–Crippen LogP) is 3.29. The standard InChI is InChI=1S/C22H14N2O2/c1-11-3-5-13-17(7-11)23-19-9-16-20(10-15(19)21(13)25)24-18-8-12(2)4-6-14(18)22(16)26/h3-10H,1-2H3. The molecule has 0 fully saturated rings. The Hall–Kier alpha value is -3.40. The second-order valence-corrected chi connectivity index (χ2v) is 6.81. The molecule has 0 atom stereocenters. The van der Waals surface area contributed by atoms with Crippen LogP contribution in [0.5, 0.6) is 0 Å². The van der Waals surface area contributed by atoms with E-state index in [-0.39, 0.29) is 11.6 Å². The van der Waals surface area contributed by atoms with Crippen LogP contribution in [0.25, 0.3) is 0 Å². The van der Waals surface area contributed by atoms with E-state index in [1.807, 2.05) is 38.1 Å². The highest BCUT2D eigenvalue weighted by Gasteiger charge is 2.25. The summed E-state index contributed by atoms with van der Waals surface area (Å²) in [6.07, 6.45) is 0. The van der Waals surface area contributed by atoms with Crippen molar-refractivity contribution in [2.75, 3.05) is 0 Å². The van der Waals surface area contributed by atoms with E-state index < -0.39 is 0 Å². The van der Waals surface area contributed by atoms with E-state index in [1.54, 1.807) is 24.3 Å². The summed E-state index contributed by atoms with van der Waals surface area (Å²) in [5.74, 6) is -0.157. The van der Waals surface area contributed by atoms with Gasteiger partial charge in [0.2, 0.25) is 0 Å². The highest BCUT2D eigenvalue weighted by Crippen LogP contribution is 2.28. The van der Waals surface area contributed by atoms with Crippen molar-refractivity contribution in [2.24, 2.45) is 9.98 Å². The summed E-state index contributed by atoms with van der Waals surface area (Å²) in [4.78, 5) is 35.0. The first kappa shape index (κ1) is 14.9. The molecule has 3 aromatic rings. The van der Waals surface area contributed by atoms with E-state index in [0.29, 0.717) is 44.3 Å². The van der Waals surface area contributed by atoms with E-state index >= 15 is 0 Å². The first-order chi connectivity index (χ1) is 12.5. The summed E-state index contributed by atoms with van der Waals surface area (Å²) in [6, 6.07) is 14.6. The summed E-state index contributed by atoms with van der Waals surface area (Å²) in [5, 5.41) is 1.07. The molecule has 0 bridgehead atoms. The normalized spacial score (nSPS) is 13.8. The summed E-state index contributed by atoms with van der Waals surface area (Å²) >= 11 is 0. The Bertz CT molecular complexity index is 1180. The Balaban J connectivity index is 1.83. The van der Waals surface area contributed by atoms with Crippen LogP contribution in [0, 0.1) is 13.8 Å². The van der Waals surface area contributed by atoms with Crippen LogP contribution in [0.1, 0.15) is 43.0 Å². The number of hydrogen-bond donors (Lipinski definition) is 0. The topological polar surface area (TPSA) is 58.9 Å². The predicted molar refractivity (Wildman–Crippen MR) is 97.3 cm³/mol. The van der Waals surface area contributed by atoms with Gasteiger partial charge >= 0.3 is 0 Å². The average molecular weight is 338 g/mol. The molecule has 0 spiro atoms. The van der Waals surface area contributed by atoms with Crippen molar-refractivity contribution >= 4 is 22.9 Å². The highest BCUT2D eigenvalue weighted by molar-refractivity contribution is 6.15. The molecule has 2 aliphatic heterocycles. The number of carbonyl (C=O) groups excluding carboxylic acids is 2. The van der Waals surface area contributed by atoms with Gasteiger partial charge in [-0.1, -0.05) is 12.1 Å². The highest BCUT2D eigenvalue weighted by atomic mass is 16.1. The lowest BCUT2D eigenvalue weighted by Gasteiger charge is -2.16. The van der Waals surface area contributed by atoms with Gasteiger partial charge in [-0.2, -0.15) is 0 Å². The van der Waals surface area contributed by atoms with Crippen LogP contribution in [-0.2, 0) is 0 Å². The van der Waals surface area contributed by atoms with Crippen LogP contribution in [0.2, 0.25) is 0 Å². The maximum atomic E-state index is 12.9. The molecule has 0 saturated carbocycles. The smallest absolute Gasteiger partial charge is 0.197 e. The van der Waals surface area contributed by atoms with Crippen molar-refractivity contribution in [1.29, 1.82) is 0 Å². The molecule has 2 aliphatic rings. The molecule has 2 heterocycles. The quantitative estimate of drug-likeness (QED) is 0.435. The van der Waals surface area contributed by atoms with E-state index in [4.69, 9.17) is 0 Å². The van der Waals surface area contributed by atoms with Gasteiger partial charge in [0.1, 0.15) is 0 Å². The second kappa shape index (κ2) is 5.05. The largest absolute Gasteiger partial charge is 0.288 e. The van der Waals surface area contributed by atoms with E-state index in [2.05, 4.69) is 9.98 Å². The number of aryl methyl sites for hydroxylation is 2. The lowest BCUT2D eigenvalue weighted by atomic mass is 9.92. The molecule has 124 valence electrons. The molecule has 4 heteroatoms. The van der Waals surface area contributed by atoms with Crippen molar-refractivity contribution in [3.8, 4) is 0 Å². The first-order valence-corrected chi connectivity index (χ1v) is 8.43. The number of benzene rings is 3. The van der Waals surface area contributed by atoms with Gasteiger partial charge in [0.15, 0.2) is 11.6 Å². The van der Waals surface area contributed by atoms with Gasteiger partial charge in [-0.3, -0.25) is 9.59 Å². The summed E-state index contributed by atoms with van der Waals surface area (Å²) < 4.78 is 0. The Morgan fingerprint density at radius 3 is 1.42 bits per heavy atom. The Morgan fingerprint density at radius 1 is 0.577 bits per heavy atom. The lowest BCUT2D eigenvalue weighted by Crippen LogP contribution is -2.30. The average Bonchev–Trinajstić information content (AvgIpc) is 2.61. The van der Waals surface area contributed by atoms with Crippen LogP contribution >= 0.6 is 0 Å². The van der Waals surface area contributed by atoms with Crippen LogP contribution in [0.3, 0.4) is 0 Å². The number of nitrogens with zero attached hydrogens (tertiary/aromatic N) is 2. The molecule has 0 unspecified atom stereocenters. The molecule has 0 radical (unpaired) electrons. The molecule has 0 N–H and O–H groups in total. The fourth-order valence-corrected chi connectivity index (χ4v) is 3.53. The van der Waals surface area contributed by atoms with Crippen LogP contribution in [0.4, 0.5) is 11.4 Å². The number of fused-ring (bicyclic) bond motifs is 4. The Morgan fingerprint density at radius 2 is 1.00 bits per heavy atom. The number of hydrogen-bond acceptors (Lipinski definition) is 4. The van der Waals surface area contributed by atoms with Gasteiger partial charge in [-0.25, -0.2) is 9.98 Å². The zero-order valence-electron chi connectivity index (χ0n) is 14.3. The van der Waals surface area contributed by atoms with Crippen LogP contribution in [-0.4, -0.2) is 11.6 Å². The maximum absolute atomic E-state index is 12.9. The van der Waals surface area contributed by atoms with Crippen molar-refractivity contribution in [2.45, 2.75) is 13.8 Å². The third-order valence-electron chi connectivity index (χ3n) is 4.88. The molecule has 26 heavy (non-hydrogen) atoms. The molecular weight excluding hydrogens is 324 g/mol. The molecule has 3 aromatic carbocycles.